The van der Waals surface area contributed by atoms with Crippen LogP contribution in [0.3, 0.4) is 0 Å². The number of hydrogen-bond donors (Lipinski definition) is 3. The number of oxime groups is 1. The summed E-state index contributed by atoms with van der Waals surface area (Å²) in [7, 11) is -3.49. The van der Waals surface area contributed by atoms with Gasteiger partial charge in [0.15, 0.2) is 15.7 Å². The van der Waals surface area contributed by atoms with Crippen LogP contribution in [-0.2, 0) is 14.6 Å². The van der Waals surface area contributed by atoms with E-state index in [-0.39, 0.29) is 5.84 Å². The molecule has 0 radical (unpaired) electrons. The number of amides is 1. The number of aryl methyl sites for hydroxylation is 1. The number of carbonyl (C=O) groups is 1. The Hall–Kier alpha value is -2.09. The summed E-state index contributed by atoms with van der Waals surface area (Å²) in [6.45, 7) is 3.02. The molecule has 7 nitrogen and oxygen atoms in total. The highest BCUT2D eigenvalue weighted by Gasteiger charge is 2.24. The van der Waals surface area contributed by atoms with Crippen LogP contribution < -0.4 is 11.1 Å². The molecule has 1 unspecified atom stereocenters. The lowest BCUT2D eigenvalue weighted by Crippen LogP contribution is -2.32. The zero-order chi connectivity index (χ0) is 15.5. The second-order valence-electron chi connectivity index (χ2n) is 4.44. The molecular formula is C12H17N3O4S. The van der Waals surface area contributed by atoms with Crippen molar-refractivity contribution in [2.75, 3.05) is 11.6 Å². The van der Waals surface area contributed by atoms with Gasteiger partial charge in [0, 0.05) is 11.8 Å². The van der Waals surface area contributed by atoms with Crippen molar-refractivity contribution in [1.82, 2.24) is 0 Å². The van der Waals surface area contributed by atoms with Crippen molar-refractivity contribution in [3.8, 4) is 0 Å². The lowest BCUT2D eigenvalue weighted by Gasteiger charge is -2.15. The van der Waals surface area contributed by atoms with Gasteiger partial charge in [0.25, 0.3) is 0 Å². The maximum Gasteiger partial charge on any atom is 0.242 e. The molecule has 0 aliphatic carbocycles. The smallest absolute Gasteiger partial charge is 0.242 e. The van der Waals surface area contributed by atoms with Crippen LogP contribution in [0.1, 0.15) is 18.1 Å². The zero-order valence-electron chi connectivity index (χ0n) is 11.4. The Balaban J connectivity index is 3.17. The maximum absolute atomic E-state index is 11.9. The zero-order valence-corrected chi connectivity index (χ0v) is 12.2. The van der Waals surface area contributed by atoms with Gasteiger partial charge in [0.2, 0.25) is 5.91 Å². The number of anilines is 1. The van der Waals surface area contributed by atoms with E-state index in [1.54, 1.807) is 25.1 Å². The van der Waals surface area contributed by atoms with Crippen LogP contribution in [0.5, 0.6) is 0 Å². The van der Waals surface area contributed by atoms with Crippen LogP contribution in [-0.4, -0.2) is 36.9 Å². The molecule has 20 heavy (non-hydrogen) atoms. The number of hydrogen-bond acceptors (Lipinski definition) is 5. The molecule has 8 heteroatoms. The Morgan fingerprint density at radius 3 is 2.55 bits per heavy atom. The Kier molecular flexibility index (Phi) is 4.72. The molecule has 0 aliphatic rings. The van der Waals surface area contributed by atoms with E-state index in [9.17, 15) is 13.2 Å². The van der Waals surface area contributed by atoms with E-state index >= 15 is 0 Å². The Labute approximate surface area is 117 Å². The molecule has 110 valence electrons. The molecule has 4 N–H and O–H groups in total. The normalized spacial score (nSPS) is 13.8. The fraction of sp³-hybridized carbons (Fsp3) is 0.333. The minimum absolute atomic E-state index is 0.162. The van der Waals surface area contributed by atoms with Crippen molar-refractivity contribution >= 4 is 27.3 Å². The quantitative estimate of drug-likeness (QED) is 0.323. The van der Waals surface area contributed by atoms with Crippen LogP contribution in [0, 0.1) is 6.92 Å². The van der Waals surface area contributed by atoms with Crippen molar-refractivity contribution in [2.24, 2.45) is 10.9 Å². The molecule has 0 bridgehead atoms. The molecule has 1 aromatic carbocycles. The number of nitrogens with zero attached hydrogens (tertiary/aromatic N) is 1. The van der Waals surface area contributed by atoms with Crippen molar-refractivity contribution < 1.29 is 18.4 Å². The molecule has 1 amide bonds. The monoisotopic (exact) mass is 299 g/mol. The fourth-order valence-electron chi connectivity index (χ4n) is 1.59. The van der Waals surface area contributed by atoms with Crippen LogP contribution in [0.2, 0.25) is 0 Å². The highest BCUT2D eigenvalue weighted by Crippen LogP contribution is 2.20. The van der Waals surface area contributed by atoms with Gasteiger partial charge in [-0.15, -0.1) is 0 Å². The average molecular weight is 299 g/mol. The summed E-state index contributed by atoms with van der Waals surface area (Å²) in [5.41, 5.74) is 6.89. The summed E-state index contributed by atoms with van der Waals surface area (Å²) in [5, 5.41) is 13.0. The highest BCUT2D eigenvalue weighted by atomic mass is 32.2. The molecule has 0 aliphatic heterocycles. The van der Waals surface area contributed by atoms with Gasteiger partial charge in [-0.3, -0.25) is 4.79 Å². The van der Waals surface area contributed by atoms with Crippen LogP contribution in [0.25, 0.3) is 0 Å². The number of amidine groups is 1. The van der Waals surface area contributed by atoms with E-state index < -0.39 is 21.0 Å². The first-order chi connectivity index (χ1) is 9.18. The molecule has 0 spiro atoms. The highest BCUT2D eigenvalue weighted by molar-refractivity contribution is 7.92. The SMILES string of the molecule is Cc1cccc(NC(=O)C(C)S(C)(=O)=O)c1/C(N)=N/O. The summed E-state index contributed by atoms with van der Waals surface area (Å²) in [6, 6.07) is 4.94. The largest absolute Gasteiger partial charge is 0.409 e. The molecule has 0 fully saturated rings. The third-order valence-corrected chi connectivity index (χ3v) is 4.40. The Morgan fingerprint density at radius 1 is 1.45 bits per heavy atom. The van der Waals surface area contributed by atoms with Crippen molar-refractivity contribution in [3.05, 3.63) is 29.3 Å². The lowest BCUT2D eigenvalue weighted by molar-refractivity contribution is -0.115. The standard InChI is InChI=1S/C12H17N3O4S/c1-7-5-4-6-9(10(7)11(13)15-17)14-12(16)8(2)20(3,18)19/h4-6,8,17H,1-3H3,(H2,13,15)(H,14,16). The Bertz CT molecular complexity index is 653. The van der Waals surface area contributed by atoms with Gasteiger partial charge in [0.1, 0.15) is 5.25 Å². The topological polar surface area (TPSA) is 122 Å². The minimum Gasteiger partial charge on any atom is -0.409 e. The first-order valence-corrected chi connectivity index (χ1v) is 7.71. The molecule has 0 aromatic heterocycles. The van der Waals surface area contributed by atoms with E-state index in [1.165, 1.54) is 6.92 Å². The van der Waals surface area contributed by atoms with Gasteiger partial charge in [0.05, 0.1) is 5.69 Å². The van der Waals surface area contributed by atoms with E-state index in [1.807, 2.05) is 0 Å². The molecule has 1 rings (SSSR count). The third kappa shape index (κ3) is 3.47. The van der Waals surface area contributed by atoms with Crippen LogP contribution in [0.4, 0.5) is 5.69 Å². The summed E-state index contributed by atoms with van der Waals surface area (Å²) in [5.74, 6) is -0.838. The number of rotatable bonds is 4. The predicted octanol–water partition coefficient (Wildman–Crippen LogP) is 0.461. The van der Waals surface area contributed by atoms with Gasteiger partial charge in [-0.2, -0.15) is 0 Å². The predicted molar refractivity (Wildman–Crippen MR) is 76.6 cm³/mol. The minimum atomic E-state index is -3.49. The summed E-state index contributed by atoms with van der Waals surface area (Å²) >= 11 is 0. The second-order valence-corrected chi connectivity index (χ2v) is 6.81. The molecule has 1 aromatic rings. The Morgan fingerprint density at radius 2 is 2.05 bits per heavy atom. The first kappa shape index (κ1) is 16.0. The van der Waals surface area contributed by atoms with Crippen molar-refractivity contribution in [2.45, 2.75) is 19.1 Å². The van der Waals surface area contributed by atoms with Gasteiger partial charge < -0.3 is 16.3 Å². The first-order valence-electron chi connectivity index (χ1n) is 5.75. The van der Waals surface area contributed by atoms with Gasteiger partial charge in [-0.25, -0.2) is 8.42 Å². The second kappa shape index (κ2) is 5.91. The van der Waals surface area contributed by atoms with Crippen LogP contribution >= 0.6 is 0 Å². The van der Waals surface area contributed by atoms with Gasteiger partial charge >= 0.3 is 0 Å². The summed E-state index contributed by atoms with van der Waals surface area (Å²) in [4.78, 5) is 11.9. The van der Waals surface area contributed by atoms with Crippen molar-refractivity contribution in [3.63, 3.8) is 0 Å². The molecule has 0 saturated heterocycles. The van der Waals surface area contributed by atoms with Gasteiger partial charge in [-0.05, 0) is 25.5 Å². The summed E-state index contributed by atoms with van der Waals surface area (Å²) < 4.78 is 22.7. The number of nitrogens with two attached hydrogens (primary N) is 1. The molecular weight excluding hydrogens is 282 g/mol. The molecule has 1 atom stereocenters. The third-order valence-electron chi connectivity index (χ3n) is 2.91. The van der Waals surface area contributed by atoms with Crippen LogP contribution in [0.15, 0.2) is 23.4 Å². The number of nitrogens with one attached hydrogen (secondary N) is 1. The van der Waals surface area contributed by atoms with E-state index in [0.717, 1.165) is 6.26 Å². The van der Waals surface area contributed by atoms with E-state index in [0.29, 0.717) is 16.8 Å². The van der Waals surface area contributed by atoms with E-state index in [2.05, 4.69) is 10.5 Å². The number of carbonyl (C=O) groups excluding carboxylic acids is 1. The fourth-order valence-corrected chi connectivity index (χ4v) is 2.04. The maximum atomic E-state index is 11.9. The van der Waals surface area contributed by atoms with E-state index in [4.69, 9.17) is 10.9 Å². The molecule has 0 saturated carbocycles. The van der Waals surface area contributed by atoms with Gasteiger partial charge in [-0.1, -0.05) is 17.3 Å². The lowest BCUT2D eigenvalue weighted by atomic mass is 10.1. The summed E-state index contributed by atoms with van der Waals surface area (Å²) in [6.07, 6.45) is 0.984. The average Bonchev–Trinajstić information content (AvgIpc) is 2.36. The number of sulfone groups is 1. The van der Waals surface area contributed by atoms with Crippen molar-refractivity contribution in [1.29, 1.82) is 0 Å². The number of benzene rings is 1. The molecule has 0 heterocycles.